The summed E-state index contributed by atoms with van der Waals surface area (Å²) in [7, 11) is 1.85. The molecule has 6 heteroatoms. The van der Waals surface area contributed by atoms with Gasteiger partial charge in [-0.2, -0.15) is 4.99 Å². The number of hydrogen-bond acceptors (Lipinski definition) is 4. The van der Waals surface area contributed by atoms with Crippen molar-refractivity contribution in [2.45, 2.75) is 26.7 Å². The summed E-state index contributed by atoms with van der Waals surface area (Å²) in [5.41, 5.74) is 1.07. The molecule has 0 N–H and O–H groups in total. The van der Waals surface area contributed by atoms with Crippen molar-refractivity contribution in [1.29, 1.82) is 0 Å². The number of rotatable bonds is 2. The average molecular weight is 265 g/mol. The fourth-order valence-corrected chi connectivity index (χ4v) is 2.35. The summed E-state index contributed by atoms with van der Waals surface area (Å²) in [5.74, 6) is 0.411. The van der Waals surface area contributed by atoms with E-state index in [4.69, 9.17) is 4.52 Å². The molecular weight excluding hydrogens is 250 g/mol. The predicted molar refractivity (Wildman–Crippen MR) is 68.5 cm³/mol. The highest BCUT2D eigenvalue weighted by molar-refractivity contribution is 7.07. The van der Waals surface area contributed by atoms with Crippen LogP contribution in [0.3, 0.4) is 0 Å². The van der Waals surface area contributed by atoms with Gasteiger partial charge in [-0.15, -0.1) is 11.3 Å². The van der Waals surface area contributed by atoms with Crippen molar-refractivity contribution in [3.63, 3.8) is 0 Å². The van der Waals surface area contributed by atoms with Crippen molar-refractivity contribution >= 4 is 17.2 Å². The van der Waals surface area contributed by atoms with Crippen LogP contribution in [0.15, 0.2) is 21.1 Å². The Morgan fingerprint density at radius 1 is 1.56 bits per heavy atom. The van der Waals surface area contributed by atoms with Crippen LogP contribution in [0.5, 0.6) is 0 Å². The first kappa shape index (κ1) is 12.8. The molecule has 18 heavy (non-hydrogen) atoms. The van der Waals surface area contributed by atoms with Gasteiger partial charge in [-0.05, 0) is 6.92 Å². The summed E-state index contributed by atoms with van der Waals surface area (Å²) in [6.07, 6.45) is 1.86. The highest BCUT2D eigenvalue weighted by Crippen LogP contribution is 2.22. The van der Waals surface area contributed by atoms with Crippen molar-refractivity contribution in [1.82, 2.24) is 9.72 Å². The maximum absolute atomic E-state index is 12.2. The second-order valence-electron chi connectivity index (χ2n) is 4.38. The van der Waals surface area contributed by atoms with E-state index in [0.717, 1.165) is 0 Å². The Morgan fingerprint density at radius 2 is 2.28 bits per heavy atom. The topological polar surface area (TPSA) is 60.4 Å². The van der Waals surface area contributed by atoms with Gasteiger partial charge in [0.15, 0.2) is 10.6 Å². The smallest absolute Gasteiger partial charge is 0.285 e. The lowest BCUT2D eigenvalue weighted by molar-refractivity contribution is 0.0995. The van der Waals surface area contributed by atoms with Gasteiger partial charge in [0.2, 0.25) is 0 Å². The molecule has 0 radical (unpaired) electrons. The molecular formula is C12H15N3O2S. The van der Waals surface area contributed by atoms with Crippen molar-refractivity contribution in [2.75, 3.05) is 0 Å². The predicted octanol–water partition coefficient (Wildman–Crippen LogP) is 2.25. The van der Waals surface area contributed by atoms with Gasteiger partial charge in [-0.25, -0.2) is 0 Å². The summed E-state index contributed by atoms with van der Waals surface area (Å²) in [5, 5.41) is 5.74. The third kappa shape index (κ3) is 2.28. The third-order valence-corrected chi connectivity index (χ3v) is 3.43. The second kappa shape index (κ2) is 4.89. The Labute approximate surface area is 109 Å². The summed E-state index contributed by atoms with van der Waals surface area (Å²) in [6, 6.07) is 0. The molecule has 5 nitrogen and oxygen atoms in total. The van der Waals surface area contributed by atoms with E-state index in [0.29, 0.717) is 21.8 Å². The number of aromatic nitrogens is 2. The molecule has 0 unspecified atom stereocenters. The zero-order valence-corrected chi connectivity index (χ0v) is 11.6. The largest absolute Gasteiger partial charge is 0.360 e. The molecule has 0 aliphatic carbocycles. The molecule has 2 aromatic heterocycles. The molecule has 0 fully saturated rings. The number of amides is 1. The summed E-state index contributed by atoms with van der Waals surface area (Å²) >= 11 is 1.42. The molecule has 0 aliphatic heterocycles. The summed E-state index contributed by atoms with van der Waals surface area (Å²) < 4.78 is 7.00. The van der Waals surface area contributed by atoms with Crippen LogP contribution in [0.1, 0.15) is 41.6 Å². The zero-order chi connectivity index (χ0) is 13.3. The maximum Gasteiger partial charge on any atom is 0.285 e. The number of carbonyl (C=O) groups is 1. The monoisotopic (exact) mass is 265 g/mol. The molecule has 2 aromatic rings. The second-order valence-corrected chi connectivity index (χ2v) is 5.25. The highest BCUT2D eigenvalue weighted by atomic mass is 32.1. The van der Waals surface area contributed by atoms with E-state index in [1.165, 1.54) is 11.3 Å². The van der Waals surface area contributed by atoms with Crippen molar-refractivity contribution in [2.24, 2.45) is 12.0 Å². The Kier molecular flexibility index (Phi) is 3.47. The van der Waals surface area contributed by atoms with Crippen LogP contribution in [0.4, 0.5) is 0 Å². The van der Waals surface area contributed by atoms with Gasteiger partial charge >= 0.3 is 0 Å². The number of carbonyl (C=O) groups excluding carboxylic acids is 1. The minimum absolute atomic E-state index is 0.109. The Balaban J connectivity index is 2.48. The van der Waals surface area contributed by atoms with Crippen molar-refractivity contribution in [3.8, 4) is 0 Å². The van der Waals surface area contributed by atoms with E-state index in [9.17, 15) is 4.79 Å². The van der Waals surface area contributed by atoms with Gasteiger partial charge < -0.3 is 9.09 Å². The van der Waals surface area contributed by atoms with E-state index in [-0.39, 0.29) is 11.8 Å². The molecule has 2 rings (SSSR count). The van der Waals surface area contributed by atoms with E-state index in [1.54, 1.807) is 11.5 Å². The van der Waals surface area contributed by atoms with Crippen LogP contribution in [0.2, 0.25) is 0 Å². The minimum atomic E-state index is -0.296. The number of thiazole rings is 1. The fourth-order valence-electron chi connectivity index (χ4n) is 1.62. The van der Waals surface area contributed by atoms with Gasteiger partial charge in [0, 0.05) is 24.5 Å². The standard InChI is InChI=1S/C12H15N3O2S/c1-7(2)10-9(8(3)14-17-10)11(16)13-12-15(4)5-6-18-12/h5-7H,1-4H3. The summed E-state index contributed by atoms with van der Waals surface area (Å²) in [6.45, 7) is 5.68. The Morgan fingerprint density at radius 3 is 2.83 bits per heavy atom. The normalized spacial score (nSPS) is 12.4. The number of aryl methyl sites for hydroxylation is 2. The molecule has 2 heterocycles. The van der Waals surface area contributed by atoms with E-state index in [2.05, 4.69) is 10.1 Å². The van der Waals surface area contributed by atoms with Crippen LogP contribution in [0, 0.1) is 6.92 Å². The van der Waals surface area contributed by atoms with E-state index >= 15 is 0 Å². The van der Waals surface area contributed by atoms with E-state index < -0.39 is 0 Å². The molecule has 0 spiro atoms. The van der Waals surface area contributed by atoms with Gasteiger partial charge in [-0.1, -0.05) is 19.0 Å². The molecule has 96 valence electrons. The zero-order valence-electron chi connectivity index (χ0n) is 10.8. The van der Waals surface area contributed by atoms with Gasteiger partial charge in [0.1, 0.15) is 5.56 Å². The Hall–Kier alpha value is -1.69. The lowest BCUT2D eigenvalue weighted by atomic mass is 10.1. The van der Waals surface area contributed by atoms with Crippen LogP contribution in [0.25, 0.3) is 0 Å². The first-order valence-corrected chi connectivity index (χ1v) is 6.54. The molecule has 0 bridgehead atoms. The molecule has 1 amide bonds. The molecule has 0 atom stereocenters. The SMILES string of the molecule is Cc1noc(C(C)C)c1C(=O)N=c1sccn1C. The number of hydrogen-bond donors (Lipinski definition) is 0. The average Bonchev–Trinajstić information content (AvgIpc) is 2.86. The highest BCUT2D eigenvalue weighted by Gasteiger charge is 2.22. The fraction of sp³-hybridized carbons (Fsp3) is 0.417. The molecule has 0 aromatic carbocycles. The lowest BCUT2D eigenvalue weighted by Gasteiger charge is -2.00. The maximum atomic E-state index is 12.2. The van der Waals surface area contributed by atoms with Crippen LogP contribution in [-0.4, -0.2) is 15.6 Å². The molecule has 0 saturated carbocycles. The van der Waals surface area contributed by atoms with Gasteiger partial charge in [0.25, 0.3) is 5.91 Å². The molecule has 0 saturated heterocycles. The minimum Gasteiger partial charge on any atom is -0.360 e. The summed E-state index contributed by atoms with van der Waals surface area (Å²) in [4.78, 5) is 17.0. The lowest BCUT2D eigenvalue weighted by Crippen LogP contribution is -2.13. The quantitative estimate of drug-likeness (QED) is 0.836. The van der Waals surface area contributed by atoms with Crippen LogP contribution < -0.4 is 4.80 Å². The van der Waals surface area contributed by atoms with Crippen molar-refractivity contribution < 1.29 is 9.32 Å². The first-order valence-electron chi connectivity index (χ1n) is 5.66. The number of nitrogens with zero attached hydrogens (tertiary/aromatic N) is 3. The van der Waals surface area contributed by atoms with E-state index in [1.807, 2.05) is 32.5 Å². The first-order chi connectivity index (χ1) is 8.50. The van der Waals surface area contributed by atoms with Crippen molar-refractivity contribution in [3.05, 3.63) is 33.4 Å². The van der Waals surface area contributed by atoms with Crippen LogP contribution in [-0.2, 0) is 7.05 Å². The van der Waals surface area contributed by atoms with Gasteiger partial charge in [-0.3, -0.25) is 4.79 Å². The van der Waals surface area contributed by atoms with Gasteiger partial charge in [0.05, 0.1) is 5.69 Å². The van der Waals surface area contributed by atoms with Crippen LogP contribution >= 0.6 is 11.3 Å². The third-order valence-electron chi connectivity index (χ3n) is 2.58. The molecule has 0 aliphatic rings. The Bertz CT molecular complexity index is 634.